The third-order valence-electron chi connectivity index (χ3n) is 4.86. The Kier molecular flexibility index (Phi) is 6.24. The second kappa shape index (κ2) is 8.71. The molecule has 3 aromatic rings. The molecule has 0 saturated carbocycles. The number of alkyl halides is 3. The molecule has 164 valence electrons. The number of ether oxygens (including phenoxy) is 2. The number of hydrogen-bond donors (Lipinski definition) is 1. The minimum atomic E-state index is -4.42. The average Bonchev–Trinajstić information content (AvgIpc) is 3.00. The Morgan fingerprint density at radius 1 is 1.10 bits per heavy atom. The van der Waals surface area contributed by atoms with E-state index in [-0.39, 0.29) is 6.54 Å². The Morgan fingerprint density at radius 3 is 2.48 bits per heavy atom. The highest BCUT2D eigenvalue weighted by Gasteiger charge is 2.30. The van der Waals surface area contributed by atoms with Crippen LogP contribution in [0.25, 0.3) is 0 Å². The van der Waals surface area contributed by atoms with E-state index in [1.54, 1.807) is 42.8 Å². The molecule has 0 fully saturated rings. The first-order valence-electron chi connectivity index (χ1n) is 9.37. The molecule has 1 N–H and O–H groups in total. The summed E-state index contributed by atoms with van der Waals surface area (Å²) in [6, 6.07) is 9.93. The van der Waals surface area contributed by atoms with Crippen LogP contribution in [0.4, 0.5) is 18.9 Å². The summed E-state index contributed by atoms with van der Waals surface area (Å²) >= 11 is 0. The quantitative estimate of drug-likeness (QED) is 0.604. The molecule has 0 unspecified atom stereocenters. The van der Waals surface area contributed by atoms with Crippen molar-refractivity contribution in [1.29, 1.82) is 0 Å². The van der Waals surface area contributed by atoms with Crippen molar-refractivity contribution >= 4 is 11.6 Å². The zero-order chi connectivity index (χ0) is 22.8. The van der Waals surface area contributed by atoms with Crippen molar-refractivity contribution in [2.45, 2.75) is 26.6 Å². The van der Waals surface area contributed by atoms with E-state index in [1.165, 1.54) is 20.3 Å². The molecule has 6 nitrogen and oxygen atoms in total. The Morgan fingerprint density at radius 2 is 1.84 bits per heavy atom. The number of halogens is 3. The molecule has 0 aliphatic carbocycles. The van der Waals surface area contributed by atoms with Crippen LogP contribution in [0.5, 0.6) is 11.5 Å². The molecule has 1 amide bonds. The summed E-state index contributed by atoms with van der Waals surface area (Å²) in [7, 11) is 2.97. The second-order valence-electron chi connectivity index (χ2n) is 6.92. The Balaban J connectivity index is 1.85. The van der Waals surface area contributed by atoms with Gasteiger partial charge in [-0.15, -0.1) is 0 Å². The lowest BCUT2D eigenvalue weighted by Crippen LogP contribution is -2.14. The second-order valence-corrected chi connectivity index (χ2v) is 6.92. The Labute approximate surface area is 177 Å². The van der Waals surface area contributed by atoms with Gasteiger partial charge >= 0.3 is 6.18 Å². The normalized spacial score (nSPS) is 11.3. The number of amides is 1. The molecule has 0 atom stereocenters. The first-order valence-corrected chi connectivity index (χ1v) is 9.37. The van der Waals surface area contributed by atoms with Crippen molar-refractivity contribution in [1.82, 2.24) is 9.78 Å². The molecule has 3 rings (SSSR count). The number of aromatic nitrogens is 2. The van der Waals surface area contributed by atoms with E-state index in [0.717, 1.165) is 12.1 Å². The van der Waals surface area contributed by atoms with E-state index in [4.69, 9.17) is 9.47 Å². The van der Waals surface area contributed by atoms with Crippen LogP contribution in [-0.4, -0.2) is 29.9 Å². The van der Waals surface area contributed by atoms with Crippen molar-refractivity contribution in [3.05, 3.63) is 70.5 Å². The summed E-state index contributed by atoms with van der Waals surface area (Å²) in [4.78, 5) is 12.8. The maximum Gasteiger partial charge on any atom is 0.416 e. The molecule has 0 spiro atoms. The monoisotopic (exact) mass is 433 g/mol. The van der Waals surface area contributed by atoms with Crippen molar-refractivity contribution in [3.8, 4) is 11.5 Å². The van der Waals surface area contributed by atoms with Crippen LogP contribution in [0.3, 0.4) is 0 Å². The van der Waals surface area contributed by atoms with Gasteiger partial charge in [-0.2, -0.15) is 18.3 Å². The predicted molar refractivity (Wildman–Crippen MR) is 110 cm³/mol. The number of rotatable bonds is 6. The molecular formula is C22H22F3N3O3. The summed E-state index contributed by atoms with van der Waals surface area (Å²) in [5.74, 6) is 0.502. The van der Waals surface area contributed by atoms with Crippen LogP contribution < -0.4 is 14.8 Å². The molecule has 2 aromatic carbocycles. The van der Waals surface area contributed by atoms with Gasteiger partial charge in [0.1, 0.15) is 11.5 Å². The molecule has 9 heteroatoms. The molecule has 1 heterocycles. The average molecular weight is 433 g/mol. The van der Waals surface area contributed by atoms with Gasteiger partial charge in [0.2, 0.25) is 0 Å². The third-order valence-corrected chi connectivity index (χ3v) is 4.86. The fourth-order valence-electron chi connectivity index (χ4n) is 3.22. The van der Waals surface area contributed by atoms with Gasteiger partial charge in [0.15, 0.2) is 0 Å². The van der Waals surface area contributed by atoms with Crippen molar-refractivity contribution < 1.29 is 27.4 Å². The van der Waals surface area contributed by atoms with Gasteiger partial charge in [0.25, 0.3) is 5.91 Å². The summed E-state index contributed by atoms with van der Waals surface area (Å²) in [5.41, 5.74) is 1.71. The number of nitrogens with zero attached hydrogens (tertiary/aromatic N) is 2. The Hall–Kier alpha value is -3.49. The number of hydrogen-bond acceptors (Lipinski definition) is 4. The van der Waals surface area contributed by atoms with Crippen LogP contribution in [0.1, 0.15) is 32.9 Å². The molecular weight excluding hydrogens is 411 g/mol. The van der Waals surface area contributed by atoms with E-state index in [9.17, 15) is 18.0 Å². The van der Waals surface area contributed by atoms with Crippen molar-refractivity contribution in [2.75, 3.05) is 19.5 Å². The van der Waals surface area contributed by atoms with E-state index in [1.807, 2.05) is 0 Å². The molecule has 0 bridgehead atoms. The molecule has 0 aliphatic rings. The third kappa shape index (κ3) is 4.82. The van der Waals surface area contributed by atoms with Crippen LogP contribution in [0.2, 0.25) is 0 Å². The maximum absolute atomic E-state index is 13.0. The predicted octanol–water partition coefficient (Wildman–Crippen LogP) is 4.84. The number of methoxy groups -OCH3 is 2. The van der Waals surface area contributed by atoms with Gasteiger partial charge < -0.3 is 14.8 Å². The lowest BCUT2D eigenvalue weighted by atomic mass is 10.1. The highest BCUT2D eigenvalue weighted by molar-refractivity contribution is 6.06. The van der Waals surface area contributed by atoms with Gasteiger partial charge in [0, 0.05) is 6.07 Å². The van der Waals surface area contributed by atoms with Crippen LogP contribution in [0.15, 0.2) is 42.5 Å². The van der Waals surface area contributed by atoms with Gasteiger partial charge in [-0.25, -0.2) is 0 Å². The fraction of sp³-hybridized carbons (Fsp3) is 0.273. The highest BCUT2D eigenvalue weighted by atomic mass is 19.4. The zero-order valence-corrected chi connectivity index (χ0v) is 17.5. The van der Waals surface area contributed by atoms with E-state index in [0.29, 0.717) is 39.7 Å². The molecule has 31 heavy (non-hydrogen) atoms. The SMILES string of the molecule is COc1ccc(C(=O)Nc2c(C)nn(Cc3cccc(C(F)(F)F)c3)c2C)c(OC)c1. The Bertz CT molecular complexity index is 1110. The van der Waals surface area contributed by atoms with Gasteiger partial charge in [0.05, 0.1) is 49.0 Å². The summed E-state index contributed by atoms with van der Waals surface area (Å²) < 4.78 is 50.9. The van der Waals surface area contributed by atoms with Crippen LogP contribution in [0, 0.1) is 13.8 Å². The summed E-state index contributed by atoms with van der Waals surface area (Å²) in [6.07, 6.45) is -4.42. The maximum atomic E-state index is 13.0. The summed E-state index contributed by atoms with van der Waals surface area (Å²) in [6.45, 7) is 3.60. The minimum Gasteiger partial charge on any atom is -0.497 e. The van der Waals surface area contributed by atoms with Gasteiger partial charge in [-0.3, -0.25) is 9.48 Å². The number of benzene rings is 2. The largest absolute Gasteiger partial charge is 0.497 e. The highest BCUT2D eigenvalue weighted by Crippen LogP contribution is 2.30. The van der Waals surface area contributed by atoms with Crippen molar-refractivity contribution in [2.24, 2.45) is 0 Å². The lowest BCUT2D eigenvalue weighted by molar-refractivity contribution is -0.137. The fourth-order valence-corrected chi connectivity index (χ4v) is 3.22. The standard InChI is InChI=1S/C22H22F3N3O3/c1-13-20(26-21(29)18-9-8-17(30-3)11-19(18)31-4)14(2)28(27-13)12-15-6-5-7-16(10-15)22(23,24)25/h5-11H,12H2,1-4H3,(H,26,29). The van der Waals surface area contributed by atoms with E-state index in [2.05, 4.69) is 10.4 Å². The molecule has 0 aliphatic heterocycles. The smallest absolute Gasteiger partial charge is 0.416 e. The van der Waals surface area contributed by atoms with Crippen molar-refractivity contribution in [3.63, 3.8) is 0 Å². The number of anilines is 1. The lowest BCUT2D eigenvalue weighted by Gasteiger charge is -2.12. The van der Waals surface area contributed by atoms with E-state index < -0.39 is 17.6 Å². The molecule has 0 radical (unpaired) electrons. The minimum absolute atomic E-state index is 0.137. The number of aryl methyl sites for hydroxylation is 1. The van der Waals surface area contributed by atoms with Gasteiger partial charge in [-0.1, -0.05) is 12.1 Å². The first-order chi connectivity index (χ1) is 14.6. The summed E-state index contributed by atoms with van der Waals surface area (Å²) in [5, 5.41) is 7.21. The molecule has 1 aromatic heterocycles. The first kappa shape index (κ1) is 22.2. The number of carbonyl (C=O) groups excluding carboxylic acids is 1. The number of nitrogens with one attached hydrogen (secondary N) is 1. The number of carbonyl (C=O) groups is 1. The van der Waals surface area contributed by atoms with Gasteiger partial charge in [-0.05, 0) is 43.7 Å². The van der Waals surface area contributed by atoms with E-state index >= 15 is 0 Å². The zero-order valence-electron chi connectivity index (χ0n) is 17.5. The van der Waals surface area contributed by atoms with Crippen LogP contribution >= 0.6 is 0 Å². The van der Waals surface area contributed by atoms with Crippen LogP contribution in [-0.2, 0) is 12.7 Å². The topological polar surface area (TPSA) is 65.4 Å². The molecule has 0 saturated heterocycles.